The molecule has 0 saturated heterocycles. The molecule has 0 fully saturated rings. The fraction of sp³-hybridized carbons (Fsp3) is 0.364. The maximum absolute atomic E-state index is 10.2. The van der Waals surface area contributed by atoms with Gasteiger partial charge in [0.05, 0.1) is 12.3 Å². The molecule has 0 radical (unpaired) electrons. The number of ether oxygens (including phenoxy) is 1. The van der Waals surface area contributed by atoms with Crippen LogP contribution in [0.5, 0.6) is 5.75 Å². The van der Waals surface area contributed by atoms with Crippen molar-refractivity contribution in [1.82, 2.24) is 0 Å². The highest BCUT2D eigenvalue weighted by Crippen LogP contribution is 2.30. The maximum atomic E-state index is 10.2. The molecule has 82 valence electrons. The first-order valence-corrected chi connectivity index (χ1v) is 5.47. The van der Waals surface area contributed by atoms with E-state index in [1.54, 1.807) is 0 Å². The molecule has 1 rings (SSSR count). The molecule has 0 aliphatic rings. The van der Waals surface area contributed by atoms with E-state index in [4.69, 9.17) is 4.74 Å². The topological polar surface area (TPSA) is 29.5 Å². The minimum atomic E-state index is 0.420. The van der Waals surface area contributed by atoms with Gasteiger partial charge in [0.25, 0.3) is 0 Å². The Morgan fingerprint density at radius 1 is 1.47 bits per heavy atom. The lowest BCUT2D eigenvalue weighted by Crippen LogP contribution is -2.11. The summed E-state index contributed by atoms with van der Waals surface area (Å²) < 4.78 is 6.51. The highest BCUT2D eigenvalue weighted by Gasteiger charge is 2.06. The van der Waals surface area contributed by atoms with E-state index in [-0.39, 0.29) is 0 Å². The lowest BCUT2D eigenvalue weighted by atomic mass is 10.3. The van der Waals surface area contributed by atoms with Crippen LogP contribution in [-0.4, -0.2) is 27.0 Å². The Balaban J connectivity index is 2.81. The quantitative estimate of drug-likeness (QED) is 0.609. The molecule has 0 bridgehead atoms. The predicted molar refractivity (Wildman–Crippen MR) is 64.6 cm³/mol. The van der Waals surface area contributed by atoms with E-state index in [0.29, 0.717) is 13.0 Å². The molecule has 0 saturated carbocycles. The van der Waals surface area contributed by atoms with Crippen molar-refractivity contribution in [2.24, 2.45) is 0 Å². The van der Waals surface area contributed by atoms with Gasteiger partial charge in [-0.2, -0.15) is 0 Å². The van der Waals surface area contributed by atoms with Crippen LogP contribution in [0.15, 0.2) is 22.7 Å². The summed E-state index contributed by atoms with van der Waals surface area (Å²) in [7, 11) is 3.91. The van der Waals surface area contributed by atoms with E-state index < -0.39 is 0 Å². The number of aldehydes is 1. The molecule has 0 atom stereocenters. The molecular weight excluding hydrogens is 258 g/mol. The molecule has 0 aliphatic heterocycles. The summed E-state index contributed by atoms with van der Waals surface area (Å²) in [5.74, 6) is 0.796. The van der Waals surface area contributed by atoms with Crippen molar-refractivity contribution in [3.8, 4) is 5.75 Å². The van der Waals surface area contributed by atoms with Gasteiger partial charge in [-0.3, -0.25) is 0 Å². The van der Waals surface area contributed by atoms with Gasteiger partial charge < -0.3 is 14.4 Å². The van der Waals surface area contributed by atoms with E-state index in [1.165, 1.54) is 0 Å². The SMILES string of the molecule is CN(C)c1cc(Br)ccc1OCCC=O. The van der Waals surface area contributed by atoms with E-state index in [0.717, 1.165) is 22.2 Å². The number of hydrogen-bond donors (Lipinski definition) is 0. The Bertz CT molecular complexity index is 339. The number of rotatable bonds is 5. The summed E-state index contributed by atoms with van der Waals surface area (Å²) in [6, 6.07) is 5.80. The van der Waals surface area contributed by atoms with Gasteiger partial charge in [-0.25, -0.2) is 0 Å². The molecule has 15 heavy (non-hydrogen) atoms. The zero-order valence-electron chi connectivity index (χ0n) is 8.87. The minimum Gasteiger partial charge on any atom is -0.491 e. The van der Waals surface area contributed by atoms with Crippen LogP contribution in [0.2, 0.25) is 0 Å². The van der Waals surface area contributed by atoms with E-state index >= 15 is 0 Å². The lowest BCUT2D eigenvalue weighted by molar-refractivity contribution is -0.108. The Morgan fingerprint density at radius 3 is 2.80 bits per heavy atom. The second-order valence-corrected chi connectivity index (χ2v) is 4.23. The van der Waals surface area contributed by atoms with Gasteiger partial charge in [0.1, 0.15) is 12.0 Å². The highest BCUT2D eigenvalue weighted by molar-refractivity contribution is 9.10. The van der Waals surface area contributed by atoms with Crippen LogP contribution < -0.4 is 9.64 Å². The van der Waals surface area contributed by atoms with Gasteiger partial charge in [-0.05, 0) is 18.2 Å². The summed E-state index contributed by atoms with van der Waals surface area (Å²) in [6.45, 7) is 0.423. The number of carbonyl (C=O) groups excluding carboxylic acids is 1. The number of halogens is 1. The normalized spacial score (nSPS) is 9.80. The highest BCUT2D eigenvalue weighted by atomic mass is 79.9. The molecule has 3 nitrogen and oxygen atoms in total. The molecule has 1 aromatic rings. The fourth-order valence-corrected chi connectivity index (χ4v) is 1.53. The van der Waals surface area contributed by atoms with E-state index in [2.05, 4.69) is 15.9 Å². The largest absolute Gasteiger partial charge is 0.491 e. The molecule has 0 N–H and O–H groups in total. The standard InChI is InChI=1S/C11H14BrNO2/c1-13(2)10-8-9(12)4-5-11(10)15-7-3-6-14/h4-6,8H,3,7H2,1-2H3. The number of nitrogens with zero attached hydrogens (tertiary/aromatic N) is 1. The molecule has 1 aromatic carbocycles. The third-order valence-electron chi connectivity index (χ3n) is 1.90. The summed E-state index contributed by atoms with van der Waals surface area (Å²) in [4.78, 5) is 12.1. The van der Waals surface area contributed by atoms with Crippen molar-refractivity contribution in [2.45, 2.75) is 6.42 Å². The maximum Gasteiger partial charge on any atom is 0.142 e. The Morgan fingerprint density at radius 2 is 2.20 bits per heavy atom. The first kappa shape index (κ1) is 12.0. The second-order valence-electron chi connectivity index (χ2n) is 3.31. The molecule has 0 spiro atoms. The first-order valence-electron chi connectivity index (χ1n) is 4.68. The van der Waals surface area contributed by atoms with Crippen molar-refractivity contribution in [3.63, 3.8) is 0 Å². The molecular formula is C11H14BrNO2. The first-order chi connectivity index (χ1) is 7.15. The minimum absolute atomic E-state index is 0.420. The van der Waals surface area contributed by atoms with Crippen LogP contribution in [0.4, 0.5) is 5.69 Å². The summed E-state index contributed by atoms with van der Waals surface area (Å²) >= 11 is 3.41. The van der Waals surface area contributed by atoms with Crippen LogP contribution in [0.25, 0.3) is 0 Å². The number of benzene rings is 1. The third kappa shape index (κ3) is 3.55. The summed E-state index contributed by atoms with van der Waals surface area (Å²) in [5, 5.41) is 0. The van der Waals surface area contributed by atoms with Gasteiger partial charge >= 0.3 is 0 Å². The average Bonchev–Trinajstić information content (AvgIpc) is 2.20. The summed E-state index contributed by atoms with van der Waals surface area (Å²) in [6.07, 6.45) is 1.27. The predicted octanol–water partition coefficient (Wildman–Crippen LogP) is 2.48. The van der Waals surface area contributed by atoms with Crippen LogP contribution in [0.1, 0.15) is 6.42 Å². The van der Waals surface area contributed by atoms with Gasteiger partial charge in [0.2, 0.25) is 0 Å². The lowest BCUT2D eigenvalue weighted by Gasteiger charge is -2.17. The van der Waals surface area contributed by atoms with Crippen molar-refractivity contribution in [3.05, 3.63) is 22.7 Å². The summed E-state index contributed by atoms with van der Waals surface area (Å²) in [5.41, 5.74) is 0.996. The van der Waals surface area contributed by atoms with Crippen LogP contribution in [0, 0.1) is 0 Å². The Hall–Kier alpha value is -1.03. The monoisotopic (exact) mass is 271 g/mol. The Labute approximate surface area is 98.2 Å². The number of carbonyl (C=O) groups is 1. The van der Waals surface area contributed by atoms with E-state index in [9.17, 15) is 4.79 Å². The molecule has 4 heteroatoms. The van der Waals surface area contributed by atoms with Crippen LogP contribution >= 0.6 is 15.9 Å². The molecule has 0 amide bonds. The number of anilines is 1. The molecule has 0 unspecified atom stereocenters. The molecule has 0 heterocycles. The fourth-order valence-electron chi connectivity index (χ4n) is 1.18. The van der Waals surface area contributed by atoms with Gasteiger partial charge in [-0.15, -0.1) is 0 Å². The van der Waals surface area contributed by atoms with Gasteiger partial charge in [0, 0.05) is 25.0 Å². The van der Waals surface area contributed by atoms with Crippen molar-refractivity contribution in [1.29, 1.82) is 0 Å². The van der Waals surface area contributed by atoms with Crippen molar-refractivity contribution < 1.29 is 9.53 Å². The Kier molecular flexibility index (Phi) is 4.62. The second kappa shape index (κ2) is 5.75. The van der Waals surface area contributed by atoms with Crippen molar-refractivity contribution in [2.75, 3.05) is 25.6 Å². The molecule has 0 aliphatic carbocycles. The van der Waals surface area contributed by atoms with Crippen molar-refractivity contribution >= 4 is 27.9 Å². The number of hydrogen-bond acceptors (Lipinski definition) is 3. The zero-order valence-corrected chi connectivity index (χ0v) is 10.5. The van der Waals surface area contributed by atoms with Gasteiger partial charge in [-0.1, -0.05) is 15.9 Å². The molecule has 0 aromatic heterocycles. The van der Waals surface area contributed by atoms with Gasteiger partial charge in [0.15, 0.2) is 0 Å². The van der Waals surface area contributed by atoms with Crippen LogP contribution in [-0.2, 0) is 4.79 Å². The van der Waals surface area contributed by atoms with E-state index in [1.807, 2.05) is 37.2 Å². The third-order valence-corrected chi connectivity index (χ3v) is 2.39. The zero-order chi connectivity index (χ0) is 11.3. The smallest absolute Gasteiger partial charge is 0.142 e. The average molecular weight is 272 g/mol. The van der Waals surface area contributed by atoms with Crippen LogP contribution in [0.3, 0.4) is 0 Å².